The molecule has 0 bridgehead atoms. The normalized spacial score (nSPS) is 15.7. The Labute approximate surface area is 173 Å². The lowest BCUT2D eigenvalue weighted by molar-refractivity contribution is 0.0512. The third-order valence-electron chi connectivity index (χ3n) is 5.39. The maximum absolute atomic E-state index is 12.6. The van der Waals surface area contributed by atoms with Gasteiger partial charge in [0.2, 0.25) is 0 Å². The number of aromatic nitrogens is 2. The van der Waals surface area contributed by atoms with E-state index in [0.29, 0.717) is 25.3 Å². The van der Waals surface area contributed by atoms with Gasteiger partial charge in [0.15, 0.2) is 0 Å². The predicted molar refractivity (Wildman–Crippen MR) is 113 cm³/mol. The largest absolute Gasteiger partial charge is 0.384 e. The number of nitrogens with zero attached hydrogens (tertiary/aromatic N) is 2. The van der Waals surface area contributed by atoms with Crippen LogP contribution >= 0.6 is 12.4 Å². The van der Waals surface area contributed by atoms with E-state index in [4.69, 9.17) is 4.74 Å². The van der Waals surface area contributed by atoms with Gasteiger partial charge in [-0.25, -0.2) is 0 Å². The summed E-state index contributed by atoms with van der Waals surface area (Å²) in [5.74, 6) is -0.0262. The van der Waals surface area contributed by atoms with Gasteiger partial charge in [-0.2, -0.15) is 5.10 Å². The number of aryl methyl sites for hydroxylation is 2. The first-order chi connectivity index (χ1) is 13.0. The van der Waals surface area contributed by atoms with Gasteiger partial charge in [-0.3, -0.25) is 9.48 Å². The molecule has 2 heterocycles. The standard InChI is InChI=1S/C21H30N4O2.ClH/c1-16-12-17(2)25(24-16)13-18-4-6-19(7-5-18)20(26)23-14-21(15-27-3)8-10-22-11-9-21;/h4-7,12,22H,8-11,13-15H2,1-3H3,(H,23,26);1H. The van der Waals surface area contributed by atoms with Gasteiger partial charge in [0.25, 0.3) is 5.91 Å². The molecule has 1 aromatic heterocycles. The van der Waals surface area contributed by atoms with Gasteiger partial charge in [0.05, 0.1) is 18.8 Å². The Morgan fingerprint density at radius 3 is 2.50 bits per heavy atom. The summed E-state index contributed by atoms with van der Waals surface area (Å²) < 4.78 is 7.40. The number of rotatable bonds is 7. The lowest BCUT2D eigenvalue weighted by Crippen LogP contribution is -2.47. The van der Waals surface area contributed by atoms with Gasteiger partial charge in [-0.05, 0) is 63.5 Å². The second-order valence-corrected chi connectivity index (χ2v) is 7.65. The zero-order valence-electron chi connectivity index (χ0n) is 17.0. The number of carbonyl (C=O) groups is 1. The summed E-state index contributed by atoms with van der Waals surface area (Å²) in [6.45, 7) is 8.03. The van der Waals surface area contributed by atoms with E-state index in [2.05, 4.69) is 28.7 Å². The maximum Gasteiger partial charge on any atom is 0.251 e. The number of hydrogen-bond donors (Lipinski definition) is 2. The molecule has 1 aromatic carbocycles. The fraction of sp³-hybridized carbons (Fsp3) is 0.524. The summed E-state index contributed by atoms with van der Waals surface area (Å²) in [5, 5.41) is 11.0. The molecule has 0 atom stereocenters. The van der Waals surface area contributed by atoms with E-state index in [9.17, 15) is 4.79 Å². The average molecular weight is 407 g/mol. The molecular weight excluding hydrogens is 376 g/mol. The molecule has 0 saturated carbocycles. The summed E-state index contributed by atoms with van der Waals surface area (Å²) in [4.78, 5) is 12.6. The number of methoxy groups -OCH3 is 1. The van der Waals surface area contributed by atoms with Crippen LogP contribution in [0.5, 0.6) is 0 Å². The smallest absolute Gasteiger partial charge is 0.251 e. The first-order valence-electron chi connectivity index (χ1n) is 9.59. The fourth-order valence-electron chi connectivity index (χ4n) is 3.77. The van der Waals surface area contributed by atoms with Crippen LogP contribution in [0.2, 0.25) is 0 Å². The fourth-order valence-corrected chi connectivity index (χ4v) is 3.77. The highest BCUT2D eigenvalue weighted by Gasteiger charge is 2.32. The van der Waals surface area contributed by atoms with Crippen molar-refractivity contribution >= 4 is 18.3 Å². The molecule has 3 rings (SSSR count). The number of nitrogens with one attached hydrogen (secondary N) is 2. The molecule has 1 saturated heterocycles. The SMILES string of the molecule is COCC1(CNC(=O)c2ccc(Cn3nc(C)cc3C)cc2)CCNCC1.Cl. The lowest BCUT2D eigenvalue weighted by Gasteiger charge is -2.37. The van der Waals surface area contributed by atoms with E-state index in [0.717, 1.165) is 42.9 Å². The Bertz CT molecular complexity index is 762. The Hall–Kier alpha value is -1.89. The molecule has 0 spiro atoms. The molecular formula is C21H31ClN4O2. The van der Waals surface area contributed by atoms with Crippen molar-refractivity contribution in [1.29, 1.82) is 0 Å². The van der Waals surface area contributed by atoms with Crippen molar-refractivity contribution in [2.45, 2.75) is 33.2 Å². The molecule has 154 valence electrons. The van der Waals surface area contributed by atoms with Crippen molar-refractivity contribution < 1.29 is 9.53 Å². The Morgan fingerprint density at radius 2 is 1.93 bits per heavy atom. The summed E-state index contributed by atoms with van der Waals surface area (Å²) in [5.41, 5.74) is 4.01. The van der Waals surface area contributed by atoms with Crippen molar-refractivity contribution in [3.05, 3.63) is 52.8 Å². The van der Waals surface area contributed by atoms with Crippen LogP contribution in [0.1, 0.15) is 40.2 Å². The van der Waals surface area contributed by atoms with Crippen LogP contribution in [0.25, 0.3) is 0 Å². The van der Waals surface area contributed by atoms with E-state index in [-0.39, 0.29) is 23.7 Å². The van der Waals surface area contributed by atoms with Crippen LogP contribution < -0.4 is 10.6 Å². The molecule has 28 heavy (non-hydrogen) atoms. The molecule has 6 nitrogen and oxygen atoms in total. The second kappa shape index (κ2) is 10.0. The van der Waals surface area contributed by atoms with Gasteiger partial charge in [-0.1, -0.05) is 12.1 Å². The van der Waals surface area contributed by atoms with E-state index < -0.39 is 0 Å². The Kier molecular flexibility index (Phi) is 8.04. The van der Waals surface area contributed by atoms with Gasteiger partial charge < -0.3 is 15.4 Å². The van der Waals surface area contributed by atoms with Gasteiger partial charge >= 0.3 is 0 Å². The molecule has 1 fully saturated rings. The molecule has 1 aliphatic rings. The summed E-state index contributed by atoms with van der Waals surface area (Å²) in [6, 6.07) is 9.85. The minimum Gasteiger partial charge on any atom is -0.384 e. The van der Waals surface area contributed by atoms with Crippen LogP contribution in [0.3, 0.4) is 0 Å². The van der Waals surface area contributed by atoms with E-state index >= 15 is 0 Å². The second-order valence-electron chi connectivity index (χ2n) is 7.65. The summed E-state index contributed by atoms with van der Waals surface area (Å²) >= 11 is 0. The van der Waals surface area contributed by atoms with E-state index in [1.165, 1.54) is 0 Å². The third kappa shape index (κ3) is 5.56. The first kappa shape index (κ1) is 22.4. The van der Waals surface area contributed by atoms with Crippen molar-refractivity contribution in [2.24, 2.45) is 5.41 Å². The minimum absolute atomic E-state index is 0. The maximum atomic E-state index is 12.6. The van der Waals surface area contributed by atoms with Crippen molar-refractivity contribution in [1.82, 2.24) is 20.4 Å². The predicted octanol–water partition coefficient (Wildman–Crippen LogP) is 2.72. The Balaban J connectivity index is 0.00000280. The highest BCUT2D eigenvalue weighted by Crippen LogP contribution is 2.28. The van der Waals surface area contributed by atoms with Crippen molar-refractivity contribution in [2.75, 3.05) is 33.4 Å². The number of halogens is 1. The zero-order chi connectivity index (χ0) is 19.3. The molecule has 0 aliphatic carbocycles. The van der Waals surface area contributed by atoms with Crippen LogP contribution in [0, 0.1) is 19.3 Å². The number of ether oxygens (including phenoxy) is 1. The van der Waals surface area contributed by atoms with Gasteiger partial charge in [-0.15, -0.1) is 12.4 Å². The molecule has 1 amide bonds. The molecule has 2 N–H and O–H groups in total. The molecule has 7 heteroatoms. The number of amides is 1. The van der Waals surface area contributed by atoms with Crippen LogP contribution in [-0.4, -0.2) is 49.0 Å². The van der Waals surface area contributed by atoms with E-state index in [1.54, 1.807) is 7.11 Å². The van der Waals surface area contributed by atoms with Crippen molar-refractivity contribution in [3.8, 4) is 0 Å². The average Bonchev–Trinajstić information content (AvgIpc) is 2.98. The quantitative estimate of drug-likeness (QED) is 0.741. The van der Waals surface area contributed by atoms with Crippen LogP contribution in [0.4, 0.5) is 0 Å². The summed E-state index contributed by atoms with van der Waals surface area (Å²) in [6.07, 6.45) is 2.03. The van der Waals surface area contributed by atoms with Gasteiger partial charge in [0, 0.05) is 30.3 Å². The highest BCUT2D eigenvalue weighted by atomic mass is 35.5. The first-order valence-corrected chi connectivity index (χ1v) is 9.59. The summed E-state index contributed by atoms with van der Waals surface area (Å²) in [7, 11) is 1.73. The molecule has 1 aliphatic heterocycles. The lowest BCUT2D eigenvalue weighted by atomic mass is 9.79. The number of hydrogen-bond acceptors (Lipinski definition) is 4. The van der Waals surface area contributed by atoms with Crippen molar-refractivity contribution in [3.63, 3.8) is 0 Å². The monoisotopic (exact) mass is 406 g/mol. The van der Waals surface area contributed by atoms with E-state index in [1.807, 2.05) is 35.9 Å². The van der Waals surface area contributed by atoms with Crippen LogP contribution in [0.15, 0.2) is 30.3 Å². The molecule has 0 radical (unpaired) electrons. The topological polar surface area (TPSA) is 68.2 Å². The molecule has 2 aromatic rings. The Morgan fingerprint density at radius 1 is 1.25 bits per heavy atom. The van der Waals surface area contributed by atoms with Gasteiger partial charge in [0.1, 0.15) is 0 Å². The zero-order valence-corrected chi connectivity index (χ0v) is 17.8. The number of benzene rings is 1. The third-order valence-corrected chi connectivity index (χ3v) is 5.39. The van der Waals surface area contributed by atoms with Crippen LogP contribution in [-0.2, 0) is 11.3 Å². The highest BCUT2D eigenvalue weighted by molar-refractivity contribution is 5.94. The molecule has 0 unspecified atom stereocenters. The number of piperidine rings is 1. The number of carbonyl (C=O) groups excluding carboxylic acids is 1. The minimum atomic E-state index is -0.0262.